The Hall–Kier alpha value is -2.33. The van der Waals surface area contributed by atoms with E-state index in [1.807, 2.05) is 56.3 Å². The fourth-order valence-electron chi connectivity index (χ4n) is 3.01. The highest BCUT2D eigenvalue weighted by Gasteiger charge is 2.34. The second-order valence-electron chi connectivity index (χ2n) is 6.53. The maximum Gasteiger partial charge on any atom is 0.227 e. The van der Waals surface area contributed by atoms with Crippen LogP contribution in [0.1, 0.15) is 23.1 Å². The maximum absolute atomic E-state index is 12.5. The third kappa shape index (κ3) is 4.02. The predicted molar refractivity (Wildman–Crippen MR) is 99.7 cm³/mol. The van der Waals surface area contributed by atoms with Gasteiger partial charge in [-0.05, 0) is 49.2 Å². The molecule has 1 N–H and O–H groups in total. The number of amides is 2. The minimum Gasteiger partial charge on any atom is -0.352 e. The molecule has 1 aliphatic rings. The SMILES string of the molecule is Cc1ccc(N2CC(C(=O)NCc3cc(Cl)ccc3C)CC2=O)cc1. The summed E-state index contributed by atoms with van der Waals surface area (Å²) in [6.07, 6.45) is 0.244. The number of carbonyl (C=O) groups excluding carboxylic acids is 2. The van der Waals surface area contributed by atoms with Crippen LogP contribution in [0, 0.1) is 19.8 Å². The molecule has 5 heteroatoms. The van der Waals surface area contributed by atoms with Gasteiger partial charge in [0.25, 0.3) is 0 Å². The number of halogens is 1. The van der Waals surface area contributed by atoms with E-state index in [-0.39, 0.29) is 24.2 Å². The molecule has 1 unspecified atom stereocenters. The molecule has 1 aliphatic heterocycles. The monoisotopic (exact) mass is 356 g/mol. The van der Waals surface area contributed by atoms with E-state index in [9.17, 15) is 9.59 Å². The zero-order chi connectivity index (χ0) is 18.0. The zero-order valence-electron chi connectivity index (χ0n) is 14.4. The van der Waals surface area contributed by atoms with Gasteiger partial charge in [0.2, 0.25) is 11.8 Å². The molecule has 0 aliphatic carbocycles. The van der Waals surface area contributed by atoms with Crippen LogP contribution in [0.15, 0.2) is 42.5 Å². The van der Waals surface area contributed by atoms with Crippen molar-refractivity contribution in [2.24, 2.45) is 5.92 Å². The highest BCUT2D eigenvalue weighted by atomic mass is 35.5. The molecular formula is C20H21ClN2O2. The van der Waals surface area contributed by atoms with Gasteiger partial charge in [0.15, 0.2) is 0 Å². The van der Waals surface area contributed by atoms with E-state index in [0.29, 0.717) is 18.1 Å². The fourth-order valence-corrected chi connectivity index (χ4v) is 3.21. The molecule has 25 heavy (non-hydrogen) atoms. The van der Waals surface area contributed by atoms with E-state index in [2.05, 4.69) is 5.32 Å². The van der Waals surface area contributed by atoms with E-state index in [4.69, 9.17) is 11.6 Å². The van der Waals surface area contributed by atoms with E-state index in [1.165, 1.54) is 0 Å². The Kier molecular flexibility index (Phi) is 5.09. The molecular weight excluding hydrogens is 336 g/mol. The Morgan fingerprint density at radius 2 is 1.92 bits per heavy atom. The summed E-state index contributed by atoms with van der Waals surface area (Å²) in [5, 5.41) is 3.58. The summed E-state index contributed by atoms with van der Waals surface area (Å²) in [7, 11) is 0. The fraction of sp³-hybridized carbons (Fsp3) is 0.300. The lowest BCUT2D eigenvalue weighted by atomic mass is 10.1. The van der Waals surface area contributed by atoms with Crippen LogP contribution in [0.25, 0.3) is 0 Å². The van der Waals surface area contributed by atoms with Crippen molar-refractivity contribution in [3.8, 4) is 0 Å². The van der Waals surface area contributed by atoms with Gasteiger partial charge in [0, 0.05) is 30.2 Å². The van der Waals surface area contributed by atoms with E-state index < -0.39 is 0 Å². The first-order valence-electron chi connectivity index (χ1n) is 8.34. The first-order valence-corrected chi connectivity index (χ1v) is 8.71. The summed E-state index contributed by atoms with van der Waals surface area (Å²) in [4.78, 5) is 26.4. The standard InChI is InChI=1S/C20H21ClN2O2/c1-13-3-7-18(8-4-13)23-12-16(10-19(23)24)20(25)22-11-15-9-17(21)6-5-14(15)2/h3-9,16H,10-12H2,1-2H3,(H,22,25). The molecule has 0 spiro atoms. The number of nitrogens with one attached hydrogen (secondary N) is 1. The average molecular weight is 357 g/mol. The highest BCUT2D eigenvalue weighted by Crippen LogP contribution is 2.25. The van der Waals surface area contributed by atoms with Crippen molar-refractivity contribution >= 4 is 29.1 Å². The Bertz CT molecular complexity index is 802. The van der Waals surface area contributed by atoms with Crippen LogP contribution in [0.3, 0.4) is 0 Å². The van der Waals surface area contributed by atoms with Gasteiger partial charge in [-0.1, -0.05) is 35.4 Å². The van der Waals surface area contributed by atoms with Crippen molar-refractivity contribution in [3.63, 3.8) is 0 Å². The van der Waals surface area contributed by atoms with Gasteiger partial charge in [-0.2, -0.15) is 0 Å². The average Bonchev–Trinajstić information content (AvgIpc) is 2.98. The molecule has 0 radical (unpaired) electrons. The smallest absolute Gasteiger partial charge is 0.227 e. The summed E-state index contributed by atoms with van der Waals surface area (Å²) < 4.78 is 0. The van der Waals surface area contributed by atoms with Crippen molar-refractivity contribution in [1.29, 1.82) is 0 Å². The van der Waals surface area contributed by atoms with Gasteiger partial charge in [-0.3, -0.25) is 9.59 Å². The van der Waals surface area contributed by atoms with E-state index in [0.717, 1.165) is 22.4 Å². The molecule has 0 aromatic heterocycles. The molecule has 2 amide bonds. The third-order valence-corrected chi connectivity index (χ3v) is 4.84. The largest absolute Gasteiger partial charge is 0.352 e. The Morgan fingerprint density at radius 3 is 2.64 bits per heavy atom. The summed E-state index contributed by atoms with van der Waals surface area (Å²) in [6.45, 7) is 4.82. The quantitative estimate of drug-likeness (QED) is 0.909. The number of anilines is 1. The van der Waals surface area contributed by atoms with Crippen LogP contribution in [0.2, 0.25) is 5.02 Å². The van der Waals surface area contributed by atoms with E-state index in [1.54, 1.807) is 4.90 Å². The number of carbonyl (C=O) groups is 2. The third-order valence-electron chi connectivity index (χ3n) is 4.61. The second-order valence-corrected chi connectivity index (χ2v) is 6.97. The lowest BCUT2D eigenvalue weighted by Crippen LogP contribution is -2.32. The number of aryl methyl sites for hydroxylation is 2. The molecule has 1 fully saturated rings. The number of rotatable bonds is 4. The second kappa shape index (κ2) is 7.28. The lowest BCUT2D eigenvalue weighted by Gasteiger charge is -2.17. The van der Waals surface area contributed by atoms with Crippen LogP contribution in [-0.2, 0) is 16.1 Å². The van der Waals surface area contributed by atoms with Crippen molar-refractivity contribution in [3.05, 3.63) is 64.2 Å². The number of hydrogen-bond donors (Lipinski definition) is 1. The van der Waals surface area contributed by atoms with Crippen LogP contribution in [0.5, 0.6) is 0 Å². The normalized spacial score (nSPS) is 17.0. The summed E-state index contributed by atoms with van der Waals surface area (Å²) in [5.74, 6) is -0.432. The molecule has 1 atom stereocenters. The lowest BCUT2D eigenvalue weighted by molar-refractivity contribution is -0.126. The van der Waals surface area contributed by atoms with Crippen molar-refractivity contribution in [2.75, 3.05) is 11.4 Å². The zero-order valence-corrected chi connectivity index (χ0v) is 15.1. The molecule has 1 heterocycles. The van der Waals surface area contributed by atoms with E-state index >= 15 is 0 Å². The molecule has 0 bridgehead atoms. The van der Waals surface area contributed by atoms with Crippen LogP contribution < -0.4 is 10.2 Å². The number of benzene rings is 2. The van der Waals surface area contributed by atoms with Crippen molar-refractivity contribution < 1.29 is 9.59 Å². The van der Waals surface area contributed by atoms with Gasteiger partial charge in [0.05, 0.1) is 5.92 Å². The van der Waals surface area contributed by atoms with Gasteiger partial charge in [-0.25, -0.2) is 0 Å². The van der Waals surface area contributed by atoms with Crippen molar-refractivity contribution in [2.45, 2.75) is 26.8 Å². The summed E-state index contributed by atoms with van der Waals surface area (Å²) >= 11 is 6.01. The molecule has 4 nitrogen and oxygen atoms in total. The molecule has 3 rings (SSSR count). The highest BCUT2D eigenvalue weighted by molar-refractivity contribution is 6.30. The number of nitrogens with zero attached hydrogens (tertiary/aromatic N) is 1. The molecule has 1 saturated heterocycles. The van der Waals surface area contributed by atoms with Gasteiger partial charge >= 0.3 is 0 Å². The molecule has 130 valence electrons. The van der Waals surface area contributed by atoms with Gasteiger partial charge in [0.1, 0.15) is 0 Å². The molecule has 0 saturated carbocycles. The minimum absolute atomic E-state index is 0.0112. The first-order chi connectivity index (χ1) is 11.9. The molecule has 2 aromatic rings. The van der Waals surface area contributed by atoms with Gasteiger partial charge in [-0.15, -0.1) is 0 Å². The minimum atomic E-state index is -0.326. The Balaban J connectivity index is 1.62. The maximum atomic E-state index is 12.5. The Morgan fingerprint density at radius 1 is 1.20 bits per heavy atom. The first kappa shape index (κ1) is 17.5. The Labute approximate surface area is 152 Å². The number of hydrogen-bond acceptors (Lipinski definition) is 2. The van der Waals surface area contributed by atoms with Crippen LogP contribution in [0.4, 0.5) is 5.69 Å². The summed E-state index contributed by atoms with van der Waals surface area (Å²) in [6, 6.07) is 13.4. The van der Waals surface area contributed by atoms with Crippen LogP contribution >= 0.6 is 11.6 Å². The molecule has 2 aromatic carbocycles. The topological polar surface area (TPSA) is 49.4 Å². The predicted octanol–water partition coefficient (Wildman–Crippen LogP) is 3.63. The van der Waals surface area contributed by atoms with Gasteiger partial charge < -0.3 is 10.2 Å². The summed E-state index contributed by atoms with van der Waals surface area (Å²) in [5.41, 5.74) is 4.05. The van der Waals surface area contributed by atoms with Crippen molar-refractivity contribution in [1.82, 2.24) is 5.32 Å². The van der Waals surface area contributed by atoms with Crippen LogP contribution in [-0.4, -0.2) is 18.4 Å².